The quantitative estimate of drug-likeness (QED) is 0.647. The summed E-state index contributed by atoms with van der Waals surface area (Å²) < 4.78 is 11.2. The number of hydrogen-bond acceptors (Lipinski definition) is 2. The first kappa shape index (κ1) is 11.6. The third-order valence-corrected chi connectivity index (χ3v) is 3.25. The molecule has 72 valence electrons. The molecule has 3 nitrogen and oxygen atoms in total. The summed E-state index contributed by atoms with van der Waals surface area (Å²) in [5.74, 6) is -0.143. The molecule has 0 aliphatic rings. The molecule has 0 spiro atoms. The minimum Gasteiger partial charge on any atom is -0.481 e. The van der Waals surface area contributed by atoms with Gasteiger partial charge in [0.05, 0.1) is 0 Å². The van der Waals surface area contributed by atoms with Crippen LogP contribution in [0.5, 0.6) is 0 Å². The average molecular weight is 192 g/mol. The smallest absolute Gasteiger partial charge is 0.303 e. The van der Waals surface area contributed by atoms with E-state index in [4.69, 9.17) is 5.11 Å². The summed E-state index contributed by atoms with van der Waals surface area (Å²) >= 11 is 0. The van der Waals surface area contributed by atoms with Crippen molar-refractivity contribution < 1.29 is 14.1 Å². The highest BCUT2D eigenvalue weighted by molar-refractivity contribution is 7.85. The first-order chi connectivity index (χ1) is 5.54. The van der Waals surface area contributed by atoms with E-state index in [0.717, 1.165) is 6.42 Å². The molecule has 0 aromatic heterocycles. The van der Waals surface area contributed by atoms with E-state index >= 15 is 0 Å². The molecule has 0 aliphatic heterocycles. The van der Waals surface area contributed by atoms with Gasteiger partial charge in [-0.15, -0.1) is 0 Å². The predicted molar refractivity (Wildman–Crippen MR) is 49.6 cm³/mol. The van der Waals surface area contributed by atoms with Gasteiger partial charge in [0.1, 0.15) is 0 Å². The molecule has 1 unspecified atom stereocenters. The summed E-state index contributed by atoms with van der Waals surface area (Å²) in [6.45, 7) is 3.82. The van der Waals surface area contributed by atoms with Crippen LogP contribution in [0, 0.1) is 0 Å². The van der Waals surface area contributed by atoms with E-state index in [1.807, 2.05) is 13.8 Å². The molecular formula is C8H16O3S. The zero-order chi connectivity index (χ0) is 9.56. The van der Waals surface area contributed by atoms with Gasteiger partial charge in [-0.2, -0.15) is 0 Å². The van der Waals surface area contributed by atoms with Crippen molar-refractivity contribution in [2.24, 2.45) is 0 Å². The molecule has 0 bridgehead atoms. The van der Waals surface area contributed by atoms with Gasteiger partial charge in [0, 0.05) is 28.2 Å². The normalized spacial score (nSPS) is 13.2. The Morgan fingerprint density at radius 1 is 1.42 bits per heavy atom. The van der Waals surface area contributed by atoms with Gasteiger partial charge in [-0.1, -0.05) is 13.8 Å². The van der Waals surface area contributed by atoms with Gasteiger partial charge in [-0.3, -0.25) is 9.00 Å². The summed E-state index contributed by atoms with van der Waals surface area (Å²) in [5.41, 5.74) is 0. The second-order valence-corrected chi connectivity index (χ2v) is 5.10. The topological polar surface area (TPSA) is 54.4 Å². The number of carbonyl (C=O) groups is 1. The van der Waals surface area contributed by atoms with E-state index in [1.165, 1.54) is 0 Å². The number of hydrogen-bond donors (Lipinski definition) is 1. The lowest BCUT2D eigenvalue weighted by atomic mass is 10.2. The number of aliphatic carboxylic acids is 1. The third kappa shape index (κ3) is 6.34. The van der Waals surface area contributed by atoms with Crippen molar-refractivity contribution >= 4 is 16.8 Å². The van der Waals surface area contributed by atoms with Gasteiger partial charge in [0.25, 0.3) is 0 Å². The highest BCUT2D eigenvalue weighted by Crippen LogP contribution is 2.01. The Labute approximate surface area is 75.6 Å². The van der Waals surface area contributed by atoms with Crippen molar-refractivity contribution in [3.8, 4) is 0 Å². The maximum atomic E-state index is 11.2. The molecule has 0 aromatic rings. The third-order valence-electron chi connectivity index (χ3n) is 1.51. The first-order valence-corrected chi connectivity index (χ1v) is 5.51. The average Bonchev–Trinajstić information content (AvgIpc) is 1.97. The van der Waals surface area contributed by atoms with E-state index in [2.05, 4.69) is 0 Å². The summed E-state index contributed by atoms with van der Waals surface area (Å²) in [6.07, 6.45) is 1.57. The van der Waals surface area contributed by atoms with Crippen LogP contribution < -0.4 is 0 Å². The minimum absolute atomic E-state index is 0.190. The van der Waals surface area contributed by atoms with E-state index in [1.54, 1.807) is 0 Å². The summed E-state index contributed by atoms with van der Waals surface area (Å²) in [6, 6.07) is 0. The predicted octanol–water partition coefficient (Wildman–Crippen LogP) is 1.40. The molecular weight excluding hydrogens is 176 g/mol. The van der Waals surface area contributed by atoms with Crippen molar-refractivity contribution in [1.29, 1.82) is 0 Å². The highest BCUT2D eigenvalue weighted by atomic mass is 32.2. The van der Waals surface area contributed by atoms with E-state index in [9.17, 15) is 9.00 Å². The molecule has 0 aromatic carbocycles. The number of rotatable bonds is 6. The summed E-state index contributed by atoms with van der Waals surface area (Å²) in [5, 5.41) is 8.50. The summed E-state index contributed by atoms with van der Waals surface area (Å²) in [4.78, 5) is 10.1. The van der Waals surface area contributed by atoms with Crippen molar-refractivity contribution in [3.63, 3.8) is 0 Å². The second-order valence-electron chi connectivity index (χ2n) is 2.98. The molecule has 0 rings (SSSR count). The first-order valence-electron chi connectivity index (χ1n) is 4.13. The lowest BCUT2D eigenvalue weighted by Gasteiger charge is -2.03. The Bertz CT molecular complexity index is 166. The lowest BCUT2D eigenvalue weighted by molar-refractivity contribution is -0.137. The second kappa shape index (κ2) is 6.17. The molecule has 12 heavy (non-hydrogen) atoms. The highest BCUT2D eigenvalue weighted by Gasteiger charge is 2.04. The van der Waals surface area contributed by atoms with Gasteiger partial charge in [0.15, 0.2) is 0 Å². The molecule has 0 aliphatic carbocycles. The fourth-order valence-corrected chi connectivity index (χ4v) is 1.72. The summed E-state index contributed by atoms with van der Waals surface area (Å²) in [7, 11) is -0.779. The fraction of sp³-hybridized carbons (Fsp3) is 0.875. The Hall–Kier alpha value is -0.380. The molecule has 1 N–H and O–H groups in total. The van der Waals surface area contributed by atoms with Crippen LogP contribution in [0.2, 0.25) is 0 Å². The molecule has 0 heterocycles. The van der Waals surface area contributed by atoms with Gasteiger partial charge in [-0.05, 0) is 12.8 Å². The molecule has 0 fully saturated rings. The van der Waals surface area contributed by atoms with Crippen LogP contribution >= 0.6 is 0 Å². The van der Waals surface area contributed by atoms with E-state index < -0.39 is 16.8 Å². The molecule has 0 radical (unpaired) electrons. The Morgan fingerprint density at radius 2 is 2.00 bits per heavy atom. The molecule has 1 atom stereocenters. The zero-order valence-corrected chi connectivity index (χ0v) is 8.39. The van der Waals surface area contributed by atoms with Crippen LogP contribution in [0.25, 0.3) is 0 Å². The van der Waals surface area contributed by atoms with Crippen molar-refractivity contribution in [2.45, 2.75) is 38.4 Å². The number of carboxylic acids is 1. The van der Waals surface area contributed by atoms with Crippen molar-refractivity contribution in [2.75, 3.05) is 5.75 Å². The maximum Gasteiger partial charge on any atom is 0.303 e. The van der Waals surface area contributed by atoms with E-state index in [0.29, 0.717) is 12.2 Å². The lowest BCUT2D eigenvalue weighted by Crippen LogP contribution is -2.09. The van der Waals surface area contributed by atoms with Crippen LogP contribution in [0.15, 0.2) is 0 Å². The van der Waals surface area contributed by atoms with Crippen LogP contribution in [0.4, 0.5) is 0 Å². The largest absolute Gasteiger partial charge is 0.481 e. The van der Waals surface area contributed by atoms with Crippen molar-refractivity contribution in [3.05, 3.63) is 0 Å². The van der Waals surface area contributed by atoms with Crippen LogP contribution in [-0.2, 0) is 15.6 Å². The standard InChI is InChI=1S/C8H16O3S/c1-7(2)12(11)6-4-3-5-8(9)10/h7H,3-6H2,1-2H3,(H,9,10). The van der Waals surface area contributed by atoms with E-state index in [-0.39, 0.29) is 11.7 Å². The molecule has 4 heteroatoms. The monoisotopic (exact) mass is 192 g/mol. The minimum atomic E-state index is -0.779. The van der Waals surface area contributed by atoms with Crippen LogP contribution in [-0.4, -0.2) is 26.3 Å². The van der Waals surface area contributed by atoms with Crippen LogP contribution in [0.3, 0.4) is 0 Å². The zero-order valence-electron chi connectivity index (χ0n) is 7.58. The number of unbranched alkanes of at least 4 members (excludes halogenated alkanes) is 1. The number of carboxylic acid groups (broad SMARTS) is 1. The molecule has 0 amide bonds. The molecule has 0 saturated heterocycles. The Balaban J connectivity index is 3.32. The maximum absolute atomic E-state index is 11.2. The SMILES string of the molecule is CC(C)S(=O)CCCCC(=O)O. The molecule has 0 saturated carbocycles. The fourth-order valence-electron chi connectivity index (χ4n) is 0.756. The van der Waals surface area contributed by atoms with Crippen molar-refractivity contribution in [1.82, 2.24) is 0 Å². The van der Waals surface area contributed by atoms with Gasteiger partial charge in [-0.25, -0.2) is 0 Å². The van der Waals surface area contributed by atoms with Gasteiger partial charge < -0.3 is 5.11 Å². The van der Waals surface area contributed by atoms with Gasteiger partial charge >= 0.3 is 5.97 Å². The Kier molecular flexibility index (Phi) is 5.98. The van der Waals surface area contributed by atoms with Crippen LogP contribution in [0.1, 0.15) is 33.1 Å². The Morgan fingerprint density at radius 3 is 2.42 bits per heavy atom. The van der Waals surface area contributed by atoms with Gasteiger partial charge in [0.2, 0.25) is 0 Å².